The zero-order chi connectivity index (χ0) is 25.2. The number of aliphatic hydroxyl groups excluding tert-OH is 2. The molecule has 1 saturated heterocycles. The summed E-state index contributed by atoms with van der Waals surface area (Å²) >= 11 is 0. The van der Waals surface area contributed by atoms with Crippen LogP contribution in [-0.4, -0.2) is 52.2 Å². The Kier molecular flexibility index (Phi) is 7.67. The number of para-hydroxylation sites is 1. The Hall–Kier alpha value is -2.64. The average molecular weight is 485 g/mol. The van der Waals surface area contributed by atoms with Gasteiger partial charge in [0, 0.05) is 18.8 Å². The molecule has 2 aliphatic carbocycles. The highest BCUT2D eigenvalue weighted by Gasteiger charge is 2.44. The molecule has 0 radical (unpaired) electrons. The maximum atomic E-state index is 13.2. The van der Waals surface area contributed by atoms with Gasteiger partial charge in [0.1, 0.15) is 18.0 Å². The van der Waals surface area contributed by atoms with Crippen LogP contribution in [0.4, 0.5) is 0 Å². The quantitative estimate of drug-likeness (QED) is 0.569. The molecule has 1 heterocycles. The lowest BCUT2D eigenvalue weighted by atomic mass is 9.66. The fraction of sp³-hybridized carbons (Fsp3) is 0.571. The van der Waals surface area contributed by atoms with Crippen molar-refractivity contribution in [2.24, 2.45) is 17.8 Å². The second-order valence-corrected chi connectivity index (χ2v) is 10.5. The van der Waals surface area contributed by atoms with Gasteiger partial charge < -0.3 is 24.4 Å². The molecule has 0 saturated carbocycles. The second-order valence-electron chi connectivity index (χ2n) is 10.5. The van der Waals surface area contributed by atoms with E-state index in [9.17, 15) is 19.8 Å². The molecule has 4 rings (SSSR count). The highest BCUT2D eigenvalue weighted by molar-refractivity contribution is 5.79. The number of esters is 2. The Bertz CT molecular complexity index is 967. The normalized spacial score (nSPS) is 32.8. The molecule has 1 aliphatic heterocycles. The van der Waals surface area contributed by atoms with Gasteiger partial charge in [-0.05, 0) is 56.2 Å². The van der Waals surface area contributed by atoms with E-state index in [1.165, 1.54) is 0 Å². The number of ether oxygens (including phenoxy) is 3. The molecule has 7 atom stereocenters. The lowest BCUT2D eigenvalue weighted by Crippen LogP contribution is -2.47. The fourth-order valence-electron chi connectivity index (χ4n) is 5.51. The number of allylic oxidation sites excluding steroid dienone is 2. The molecule has 5 unspecified atom stereocenters. The molecular formula is C28H36O7. The number of carbonyl (C=O) groups is 2. The molecule has 2 N–H and O–H groups in total. The summed E-state index contributed by atoms with van der Waals surface area (Å²) in [6.07, 6.45) is 5.97. The van der Waals surface area contributed by atoms with Crippen LogP contribution in [0, 0.1) is 17.8 Å². The van der Waals surface area contributed by atoms with Crippen LogP contribution in [0.3, 0.4) is 0 Å². The summed E-state index contributed by atoms with van der Waals surface area (Å²) in [5.74, 6) is -0.00255. The minimum Gasteiger partial charge on any atom is -0.476 e. The van der Waals surface area contributed by atoms with Crippen molar-refractivity contribution in [3.05, 3.63) is 54.1 Å². The van der Waals surface area contributed by atoms with Crippen LogP contribution < -0.4 is 4.74 Å². The van der Waals surface area contributed by atoms with Crippen molar-refractivity contribution in [3.63, 3.8) is 0 Å². The van der Waals surface area contributed by atoms with E-state index in [-0.39, 0.29) is 36.2 Å². The molecule has 0 amide bonds. The van der Waals surface area contributed by atoms with Crippen LogP contribution in [-0.2, 0) is 19.1 Å². The maximum Gasteiger partial charge on any atom is 0.350 e. The summed E-state index contributed by atoms with van der Waals surface area (Å²) in [6.45, 7) is 5.50. The van der Waals surface area contributed by atoms with E-state index in [4.69, 9.17) is 14.2 Å². The number of hydrogen-bond donors (Lipinski definition) is 2. The van der Waals surface area contributed by atoms with Crippen molar-refractivity contribution in [2.45, 2.75) is 82.9 Å². The second kappa shape index (κ2) is 10.5. The zero-order valence-corrected chi connectivity index (χ0v) is 20.6. The monoisotopic (exact) mass is 484 g/mol. The number of aliphatic hydroxyl groups is 2. The molecule has 1 fully saturated rings. The van der Waals surface area contributed by atoms with Crippen LogP contribution in [0.1, 0.15) is 52.9 Å². The Morgan fingerprint density at radius 3 is 2.60 bits per heavy atom. The predicted octanol–water partition coefficient (Wildman–Crippen LogP) is 3.73. The number of fused-ring (bicyclic) bond motifs is 1. The molecule has 3 aliphatic rings. The van der Waals surface area contributed by atoms with E-state index in [1.54, 1.807) is 26.0 Å². The first kappa shape index (κ1) is 25.5. The van der Waals surface area contributed by atoms with Crippen molar-refractivity contribution in [1.29, 1.82) is 0 Å². The maximum absolute atomic E-state index is 13.2. The predicted molar refractivity (Wildman–Crippen MR) is 129 cm³/mol. The molecule has 0 bridgehead atoms. The van der Waals surface area contributed by atoms with E-state index >= 15 is 0 Å². The van der Waals surface area contributed by atoms with Gasteiger partial charge in [-0.2, -0.15) is 0 Å². The zero-order valence-electron chi connectivity index (χ0n) is 20.6. The van der Waals surface area contributed by atoms with Gasteiger partial charge in [0.15, 0.2) is 5.60 Å². The Morgan fingerprint density at radius 1 is 1.14 bits per heavy atom. The van der Waals surface area contributed by atoms with E-state index in [0.29, 0.717) is 25.0 Å². The Balaban J connectivity index is 1.48. The molecule has 7 nitrogen and oxygen atoms in total. The highest BCUT2D eigenvalue weighted by atomic mass is 16.6. The van der Waals surface area contributed by atoms with Crippen molar-refractivity contribution in [3.8, 4) is 5.75 Å². The van der Waals surface area contributed by atoms with E-state index < -0.39 is 29.9 Å². The van der Waals surface area contributed by atoms with Gasteiger partial charge in [0.25, 0.3) is 0 Å². The van der Waals surface area contributed by atoms with Gasteiger partial charge >= 0.3 is 11.9 Å². The molecule has 35 heavy (non-hydrogen) atoms. The first-order valence-electron chi connectivity index (χ1n) is 12.5. The Labute approximate surface area is 206 Å². The minimum atomic E-state index is -1.20. The number of benzene rings is 1. The van der Waals surface area contributed by atoms with Crippen molar-refractivity contribution in [2.75, 3.05) is 0 Å². The fourth-order valence-corrected chi connectivity index (χ4v) is 5.51. The molecule has 0 spiro atoms. The van der Waals surface area contributed by atoms with Gasteiger partial charge in [-0.3, -0.25) is 4.79 Å². The largest absolute Gasteiger partial charge is 0.476 e. The van der Waals surface area contributed by atoms with Gasteiger partial charge in [-0.1, -0.05) is 43.4 Å². The van der Waals surface area contributed by atoms with Gasteiger partial charge in [0.2, 0.25) is 0 Å². The van der Waals surface area contributed by atoms with E-state index in [0.717, 1.165) is 12.0 Å². The van der Waals surface area contributed by atoms with Crippen molar-refractivity contribution < 1.29 is 34.0 Å². The van der Waals surface area contributed by atoms with E-state index in [1.807, 2.05) is 30.4 Å². The number of hydrogen-bond acceptors (Lipinski definition) is 7. The number of rotatable bonds is 7. The van der Waals surface area contributed by atoms with Crippen LogP contribution >= 0.6 is 0 Å². The summed E-state index contributed by atoms with van der Waals surface area (Å²) in [7, 11) is 0. The van der Waals surface area contributed by atoms with Crippen molar-refractivity contribution in [1.82, 2.24) is 0 Å². The lowest BCUT2D eigenvalue weighted by Gasteiger charge is -2.43. The van der Waals surface area contributed by atoms with Crippen LogP contribution in [0.15, 0.2) is 54.1 Å². The third kappa shape index (κ3) is 6.14. The van der Waals surface area contributed by atoms with Gasteiger partial charge in [0.05, 0.1) is 18.6 Å². The van der Waals surface area contributed by atoms with Crippen LogP contribution in [0.25, 0.3) is 0 Å². The summed E-state index contributed by atoms with van der Waals surface area (Å²) < 4.78 is 17.4. The SMILES string of the molecule is CC1C=CC2=CC(O)CC(OC(=O)C(C)(C)Oc3ccccc3)C2C1CC[C@@H]1C[C@@H](O)CC(=O)O1. The third-order valence-electron chi connectivity index (χ3n) is 7.30. The summed E-state index contributed by atoms with van der Waals surface area (Å²) in [5, 5.41) is 20.5. The molecule has 190 valence electrons. The van der Waals surface area contributed by atoms with Gasteiger partial charge in [-0.15, -0.1) is 0 Å². The standard InChI is InChI=1S/C28H36O7/c1-17-9-10-18-13-19(29)15-24(34-27(32)28(2,3)35-21-7-5-4-6-8-21)26(18)23(17)12-11-22-14-20(30)16-25(31)33-22/h4-10,13,17,19-20,22-24,26,29-30H,11-12,14-16H2,1-3H3/t17?,19?,20-,22-,23?,24?,26?/m1/s1. The molecule has 0 aromatic heterocycles. The van der Waals surface area contributed by atoms with Crippen LogP contribution in [0.2, 0.25) is 0 Å². The molecular weight excluding hydrogens is 448 g/mol. The average Bonchev–Trinajstić information content (AvgIpc) is 2.78. The van der Waals surface area contributed by atoms with Crippen molar-refractivity contribution >= 4 is 11.9 Å². The third-order valence-corrected chi connectivity index (χ3v) is 7.30. The lowest BCUT2D eigenvalue weighted by molar-refractivity contribution is -0.171. The summed E-state index contributed by atoms with van der Waals surface area (Å²) in [6, 6.07) is 9.14. The number of cyclic esters (lactones) is 1. The molecule has 1 aromatic carbocycles. The molecule has 7 heteroatoms. The summed E-state index contributed by atoms with van der Waals surface area (Å²) in [5.41, 5.74) is -0.238. The highest BCUT2D eigenvalue weighted by Crippen LogP contribution is 2.44. The minimum absolute atomic E-state index is 0.0470. The van der Waals surface area contributed by atoms with Gasteiger partial charge in [-0.25, -0.2) is 4.79 Å². The van der Waals surface area contributed by atoms with Crippen LogP contribution in [0.5, 0.6) is 5.75 Å². The number of carbonyl (C=O) groups excluding carboxylic acids is 2. The topological polar surface area (TPSA) is 102 Å². The Morgan fingerprint density at radius 2 is 1.89 bits per heavy atom. The van der Waals surface area contributed by atoms with E-state index in [2.05, 4.69) is 13.0 Å². The smallest absolute Gasteiger partial charge is 0.350 e. The summed E-state index contributed by atoms with van der Waals surface area (Å²) in [4.78, 5) is 25.0. The first-order chi connectivity index (χ1) is 16.6. The first-order valence-corrected chi connectivity index (χ1v) is 12.5. The molecule has 1 aromatic rings.